The molecule has 0 aliphatic carbocycles. The number of fused-ring (bicyclic) bond motifs is 1. The van der Waals surface area contributed by atoms with Crippen molar-refractivity contribution in [3.63, 3.8) is 0 Å². The Hall–Kier alpha value is -2.95. The Morgan fingerprint density at radius 1 is 1.06 bits per heavy atom. The zero-order valence-electron chi connectivity index (χ0n) is 17.5. The Morgan fingerprint density at radius 3 is 2.13 bits per heavy atom. The van der Waals surface area contributed by atoms with Crippen molar-refractivity contribution in [3.05, 3.63) is 29.8 Å². The summed E-state index contributed by atoms with van der Waals surface area (Å²) < 4.78 is 36.3. The summed E-state index contributed by atoms with van der Waals surface area (Å²) in [5.74, 6) is -2.65. The molecule has 11 heteroatoms. The van der Waals surface area contributed by atoms with Gasteiger partial charge in [-0.15, -0.1) is 0 Å². The van der Waals surface area contributed by atoms with Crippen LogP contribution in [0.15, 0.2) is 29.2 Å². The molecule has 2 aliphatic heterocycles. The van der Waals surface area contributed by atoms with Gasteiger partial charge in [0.05, 0.1) is 18.1 Å². The molecule has 1 unspecified atom stereocenters. The average molecular weight is 452 g/mol. The number of amides is 3. The van der Waals surface area contributed by atoms with Crippen molar-refractivity contribution >= 4 is 33.9 Å². The van der Waals surface area contributed by atoms with E-state index in [-0.39, 0.29) is 35.3 Å². The Bertz CT molecular complexity index is 1000. The van der Waals surface area contributed by atoms with Crippen LogP contribution in [0.4, 0.5) is 4.79 Å². The zero-order chi connectivity index (χ0) is 23.0. The molecule has 10 nitrogen and oxygen atoms in total. The first-order valence-corrected chi connectivity index (χ1v) is 11.3. The van der Waals surface area contributed by atoms with Gasteiger partial charge in [0.25, 0.3) is 10.0 Å². The van der Waals surface area contributed by atoms with Crippen LogP contribution >= 0.6 is 0 Å². The lowest BCUT2D eigenvalue weighted by Gasteiger charge is -2.35. The maximum atomic E-state index is 13.1. The van der Waals surface area contributed by atoms with E-state index in [1.165, 1.54) is 12.1 Å². The lowest BCUT2D eigenvalue weighted by molar-refractivity contribution is -0.170. The minimum atomic E-state index is -4.45. The van der Waals surface area contributed by atoms with Crippen molar-refractivity contribution in [1.82, 2.24) is 9.21 Å². The molecule has 0 bridgehead atoms. The third-order valence-corrected chi connectivity index (χ3v) is 7.12. The van der Waals surface area contributed by atoms with Crippen molar-refractivity contribution in [1.29, 1.82) is 0 Å². The number of imide groups is 1. The first-order chi connectivity index (χ1) is 14.6. The minimum Gasteiger partial charge on any atom is -0.465 e. The number of rotatable bonds is 6. The molecule has 2 aliphatic rings. The molecule has 0 aromatic heterocycles. The van der Waals surface area contributed by atoms with Crippen LogP contribution in [-0.2, 0) is 33.9 Å². The number of esters is 2. The van der Waals surface area contributed by atoms with Crippen LogP contribution in [0.2, 0.25) is 0 Å². The highest BCUT2D eigenvalue weighted by atomic mass is 32.2. The summed E-state index contributed by atoms with van der Waals surface area (Å²) in [6.45, 7) is 4.50. The summed E-state index contributed by atoms with van der Waals surface area (Å²) in [6, 6.07) is 3.80. The lowest BCUT2D eigenvalue weighted by Crippen LogP contribution is -2.56. The number of hydrogen-bond donors (Lipinski definition) is 0. The number of urea groups is 1. The van der Waals surface area contributed by atoms with Gasteiger partial charge in [0.1, 0.15) is 0 Å². The molecule has 1 atom stereocenters. The van der Waals surface area contributed by atoms with E-state index in [1.54, 1.807) is 32.9 Å². The molecule has 2 saturated heterocycles. The fourth-order valence-electron chi connectivity index (χ4n) is 3.88. The Labute approximate surface area is 180 Å². The fraction of sp³-hybridized carbons (Fsp3) is 0.500. The van der Waals surface area contributed by atoms with E-state index in [2.05, 4.69) is 0 Å². The zero-order valence-corrected chi connectivity index (χ0v) is 18.3. The molecule has 0 N–H and O–H groups in total. The summed E-state index contributed by atoms with van der Waals surface area (Å²) in [4.78, 5) is 52.0. The van der Waals surface area contributed by atoms with E-state index in [1.807, 2.05) is 0 Å². The van der Waals surface area contributed by atoms with Crippen LogP contribution in [0.25, 0.3) is 0 Å². The average Bonchev–Trinajstić information content (AvgIpc) is 3.10. The smallest absolute Gasteiger partial charge is 0.341 e. The highest BCUT2D eigenvalue weighted by molar-refractivity contribution is 7.90. The predicted molar refractivity (Wildman–Crippen MR) is 106 cm³/mol. The number of benzene rings is 1. The first-order valence-electron chi connectivity index (χ1n) is 9.88. The number of aryl methyl sites for hydroxylation is 1. The first kappa shape index (κ1) is 22.7. The van der Waals surface area contributed by atoms with Gasteiger partial charge in [-0.05, 0) is 39.3 Å². The number of sulfonamides is 1. The van der Waals surface area contributed by atoms with Gasteiger partial charge in [0, 0.05) is 19.0 Å². The second-order valence-electron chi connectivity index (χ2n) is 7.47. The van der Waals surface area contributed by atoms with Gasteiger partial charge >= 0.3 is 18.0 Å². The maximum Gasteiger partial charge on any atom is 0.341 e. The topological polar surface area (TPSA) is 127 Å². The van der Waals surface area contributed by atoms with Gasteiger partial charge in [-0.2, -0.15) is 4.31 Å². The Morgan fingerprint density at radius 2 is 1.61 bits per heavy atom. The largest absolute Gasteiger partial charge is 0.465 e. The minimum absolute atomic E-state index is 0.00542. The summed E-state index contributed by atoms with van der Waals surface area (Å²) in [5.41, 5.74) is -1.00. The summed E-state index contributed by atoms with van der Waals surface area (Å²) in [5, 5.41) is 0. The molecule has 31 heavy (non-hydrogen) atoms. The SMILES string of the molecule is CCOC(=O)C1(C(=O)OCC)CC2CC(=O)N(S(=O)(=O)c3ccc(C)cc3)C(=O)N2C1. The van der Waals surface area contributed by atoms with Crippen molar-refractivity contribution in [2.24, 2.45) is 5.41 Å². The molecule has 1 aromatic rings. The van der Waals surface area contributed by atoms with Crippen molar-refractivity contribution in [2.45, 2.75) is 44.6 Å². The van der Waals surface area contributed by atoms with E-state index in [0.717, 1.165) is 10.5 Å². The van der Waals surface area contributed by atoms with Gasteiger partial charge < -0.3 is 14.4 Å². The second-order valence-corrected chi connectivity index (χ2v) is 9.26. The molecule has 168 valence electrons. The molecular formula is C20H24N2O8S. The standard InChI is InChI=1S/C20H24N2O8S/c1-4-29-17(24)20(18(25)30-5-2)11-14-10-16(23)22(19(26)21(14)12-20)31(27,28)15-8-6-13(3)7-9-15/h6-9,14H,4-5,10-12H2,1-3H3. The van der Waals surface area contributed by atoms with E-state index in [9.17, 15) is 27.6 Å². The number of carbonyl (C=O) groups excluding carboxylic acids is 4. The van der Waals surface area contributed by atoms with Crippen LogP contribution in [0, 0.1) is 12.3 Å². The van der Waals surface area contributed by atoms with E-state index >= 15 is 0 Å². The second kappa shape index (κ2) is 8.29. The van der Waals surface area contributed by atoms with E-state index in [4.69, 9.17) is 9.47 Å². The van der Waals surface area contributed by atoms with Crippen LogP contribution in [0.5, 0.6) is 0 Å². The normalized spacial score (nSPS) is 20.4. The van der Waals surface area contributed by atoms with Gasteiger partial charge in [0.2, 0.25) is 5.91 Å². The fourth-order valence-corrected chi connectivity index (χ4v) is 5.22. The molecule has 2 fully saturated rings. The molecule has 0 radical (unpaired) electrons. The van der Waals surface area contributed by atoms with Gasteiger partial charge in [0.15, 0.2) is 5.41 Å². The van der Waals surface area contributed by atoms with Crippen LogP contribution in [0.3, 0.4) is 0 Å². The highest BCUT2D eigenvalue weighted by Gasteiger charge is 2.61. The van der Waals surface area contributed by atoms with Crippen molar-refractivity contribution in [2.75, 3.05) is 19.8 Å². The van der Waals surface area contributed by atoms with Crippen molar-refractivity contribution < 1.29 is 37.1 Å². The summed E-state index contributed by atoms with van der Waals surface area (Å²) in [6.07, 6.45) is -0.530. The summed E-state index contributed by atoms with van der Waals surface area (Å²) in [7, 11) is -4.45. The van der Waals surface area contributed by atoms with E-state index < -0.39 is 51.9 Å². The monoisotopic (exact) mass is 452 g/mol. The number of carbonyl (C=O) groups is 4. The van der Waals surface area contributed by atoms with Crippen LogP contribution in [-0.4, -0.2) is 67.3 Å². The van der Waals surface area contributed by atoms with Gasteiger partial charge in [-0.1, -0.05) is 17.7 Å². The third-order valence-electron chi connectivity index (χ3n) is 5.41. The quantitative estimate of drug-likeness (QED) is 0.466. The molecule has 0 saturated carbocycles. The highest BCUT2D eigenvalue weighted by Crippen LogP contribution is 2.42. The van der Waals surface area contributed by atoms with E-state index in [0.29, 0.717) is 0 Å². The molecule has 1 aromatic carbocycles. The van der Waals surface area contributed by atoms with Crippen molar-refractivity contribution in [3.8, 4) is 0 Å². The lowest BCUT2D eigenvalue weighted by atomic mass is 9.84. The number of ether oxygens (including phenoxy) is 2. The number of hydrogen-bond acceptors (Lipinski definition) is 8. The van der Waals surface area contributed by atoms with Gasteiger partial charge in [-0.3, -0.25) is 14.4 Å². The maximum absolute atomic E-state index is 13.1. The van der Waals surface area contributed by atoms with Crippen LogP contribution < -0.4 is 0 Å². The molecular weight excluding hydrogens is 428 g/mol. The third kappa shape index (κ3) is 3.78. The Kier molecular flexibility index (Phi) is 6.08. The predicted octanol–water partition coefficient (Wildman–Crippen LogP) is 1.22. The molecule has 3 rings (SSSR count). The molecule has 0 spiro atoms. The molecule has 3 amide bonds. The summed E-state index contributed by atoms with van der Waals surface area (Å²) >= 11 is 0. The van der Waals surface area contributed by atoms with Crippen LogP contribution in [0.1, 0.15) is 32.3 Å². The Balaban J connectivity index is 1.97. The molecule has 2 heterocycles. The van der Waals surface area contributed by atoms with Gasteiger partial charge in [-0.25, -0.2) is 13.2 Å². The number of nitrogens with zero attached hydrogens (tertiary/aromatic N) is 2.